The zero-order valence-corrected chi connectivity index (χ0v) is 17.3. The van der Waals surface area contributed by atoms with Gasteiger partial charge in [-0.15, -0.1) is 0 Å². The van der Waals surface area contributed by atoms with Gasteiger partial charge in [-0.3, -0.25) is 0 Å². The van der Waals surface area contributed by atoms with E-state index in [1.165, 1.54) is 12.8 Å². The van der Waals surface area contributed by atoms with Crippen LogP contribution in [0.15, 0.2) is 0 Å². The van der Waals surface area contributed by atoms with Gasteiger partial charge in [-0.25, -0.2) is 0 Å². The smallest absolute Gasteiger partial charge is 0.177 e. The first kappa shape index (κ1) is 19.4. The van der Waals surface area contributed by atoms with Crippen molar-refractivity contribution in [2.24, 2.45) is 5.41 Å². The lowest BCUT2D eigenvalue weighted by Crippen LogP contribution is -2.50. The maximum atomic E-state index is 6.71. The summed E-state index contributed by atoms with van der Waals surface area (Å²) in [6, 6.07) is 0. The fraction of sp³-hybridized carbons (Fsp3) is 1.00. The van der Waals surface area contributed by atoms with Crippen molar-refractivity contribution in [2.75, 3.05) is 0 Å². The van der Waals surface area contributed by atoms with Crippen molar-refractivity contribution in [3.63, 3.8) is 0 Å². The second-order valence-corrected chi connectivity index (χ2v) is 17.1. The van der Waals surface area contributed by atoms with Crippen molar-refractivity contribution in [3.05, 3.63) is 0 Å². The lowest BCUT2D eigenvalue weighted by molar-refractivity contribution is 0.0619. The second kappa shape index (κ2) is 6.90. The van der Waals surface area contributed by atoms with Gasteiger partial charge in [0.25, 0.3) is 0 Å². The first-order chi connectivity index (χ1) is 8.46. The minimum atomic E-state index is -1.19. The Morgan fingerprint density at radius 3 is 1.74 bits per heavy atom. The first-order valence-corrected chi connectivity index (χ1v) is 13.8. The largest absolute Gasteiger partial charge is 0.417 e. The molecule has 0 aliphatic carbocycles. The second-order valence-electron chi connectivity index (χ2n) is 8.04. The van der Waals surface area contributed by atoms with E-state index in [1.807, 2.05) is 0 Å². The zero-order valence-electron chi connectivity index (χ0n) is 15.2. The number of hydrogen-bond acceptors (Lipinski definition) is 1. The molecule has 0 N–H and O–H groups in total. The molecule has 19 heavy (non-hydrogen) atoms. The fourth-order valence-electron chi connectivity index (χ4n) is 2.88. The van der Waals surface area contributed by atoms with Crippen LogP contribution in [-0.4, -0.2) is 23.2 Å². The van der Waals surface area contributed by atoms with Crippen LogP contribution in [0, 0.1) is 5.41 Å². The van der Waals surface area contributed by atoms with Gasteiger partial charge in [-0.1, -0.05) is 67.6 Å². The minimum absolute atomic E-state index is 0.310. The number of rotatable bonds is 8. The molecule has 0 amide bonds. The van der Waals surface area contributed by atoms with Crippen LogP contribution in [0.25, 0.3) is 0 Å². The lowest BCUT2D eigenvalue weighted by Gasteiger charge is -2.46. The standard InChI is InChI=1S/C16H38OSi2/c1-11-14(15(4,5)12-2)17-18(7)16(6,13-3)19(8,9)10/h14,18H,11-13H2,1-10H3/t14?,16-,18?/m0/s1. The van der Waals surface area contributed by atoms with E-state index in [4.69, 9.17) is 4.43 Å². The van der Waals surface area contributed by atoms with Crippen LogP contribution >= 0.6 is 0 Å². The summed E-state index contributed by atoms with van der Waals surface area (Å²) in [7, 11) is -2.37. The summed E-state index contributed by atoms with van der Waals surface area (Å²) in [4.78, 5) is 0. The van der Waals surface area contributed by atoms with Gasteiger partial charge in [0.1, 0.15) is 0 Å². The van der Waals surface area contributed by atoms with E-state index < -0.39 is 17.1 Å². The molecule has 3 heteroatoms. The van der Waals surface area contributed by atoms with Crippen molar-refractivity contribution < 1.29 is 4.43 Å². The molecule has 2 unspecified atom stereocenters. The highest BCUT2D eigenvalue weighted by atomic mass is 28.4. The quantitative estimate of drug-likeness (QED) is 0.529. The zero-order chi connectivity index (χ0) is 15.5. The van der Waals surface area contributed by atoms with E-state index in [-0.39, 0.29) is 0 Å². The van der Waals surface area contributed by atoms with E-state index in [0.29, 0.717) is 16.2 Å². The van der Waals surface area contributed by atoms with Gasteiger partial charge in [0.2, 0.25) is 0 Å². The van der Waals surface area contributed by atoms with Crippen molar-refractivity contribution in [3.8, 4) is 0 Å². The van der Waals surface area contributed by atoms with Gasteiger partial charge >= 0.3 is 0 Å². The molecule has 0 aliphatic heterocycles. The summed E-state index contributed by atoms with van der Waals surface area (Å²) in [6.07, 6.45) is 4.05. The molecule has 0 aromatic rings. The van der Waals surface area contributed by atoms with Gasteiger partial charge in [-0.05, 0) is 29.5 Å². The van der Waals surface area contributed by atoms with Crippen LogP contribution in [0.5, 0.6) is 0 Å². The third-order valence-corrected chi connectivity index (χ3v) is 16.4. The Balaban J connectivity index is 5.06. The van der Waals surface area contributed by atoms with Gasteiger partial charge < -0.3 is 4.43 Å². The van der Waals surface area contributed by atoms with Crippen LogP contribution in [0.1, 0.15) is 60.8 Å². The molecule has 0 aromatic carbocycles. The van der Waals surface area contributed by atoms with E-state index in [9.17, 15) is 0 Å². The van der Waals surface area contributed by atoms with Gasteiger partial charge in [0, 0.05) is 14.2 Å². The summed E-state index contributed by atoms with van der Waals surface area (Å²) in [5, 5.41) is 0. The molecule has 3 atom stereocenters. The molecule has 1 nitrogen and oxygen atoms in total. The molecule has 0 heterocycles. The Labute approximate surface area is 125 Å². The average molecular weight is 303 g/mol. The Morgan fingerprint density at radius 1 is 1.00 bits per heavy atom. The van der Waals surface area contributed by atoms with E-state index >= 15 is 0 Å². The predicted octanol–water partition coefficient (Wildman–Crippen LogP) is 5.62. The third-order valence-electron chi connectivity index (χ3n) is 5.87. The molecule has 0 rings (SSSR count). The van der Waals surface area contributed by atoms with Crippen LogP contribution in [0.2, 0.25) is 30.8 Å². The highest BCUT2D eigenvalue weighted by Crippen LogP contribution is 2.45. The lowest BCUT2D eigenvalue weighted by atomic mass is 9.83. The molecule has 0 fully saturated rings. The molecular weight excluding hydrogens is 264 g/mol. The Bertz CT molecular complexity index is 270. The first-order valence-electron chi connectivity index (χ1n) is 8.11. The highest BCUT2D eigenvalue weighted by Gasteiger charge is 2.45. The van der Waals surface area contributed by atoms with E-state index in [2.05, 4.69) is 67.7 Å². The van der Waals surface area contributed by atoms with Crippen LogP contribution < -0.4 is 0 Å². The van der Waals surface area contributed by atoms with Crippen molar-refractivity contribution in [2.45, 2.75) is 97.8 Å². The highest BCUT2D eigenvalue weighted by molar-refractivity contribution is 6.90. The monoisotopic (exact) mass is 302 g/mol. The summed E-state index contributed by atoms with van der Waals surface area (Å²) in [5.74, 6) is 0. The maximum absolute atomic E-state index is 6.71. The molecule has 0 aliphatic rings. The van der Waals surface area contributed by atoms with Crippen LogP contribution in [0.4, 0.5) is 0 Å². The molecule has 0 saturated heterocycles. The summed E-state index contributed by atoms with van der Waals surface area (Å²) < 4.78 is 7.20. The van der Waals surface area contributed by atoms with Gasteiger partial charge in [-0.2, -0.15) is 0 Å². The molecule has 0 aromatic heterocycles. The van der Waals surface area contributed by atoms with Gasteiger partial charge in [0.15, 0.2) is 9.04 Å². The Morgan fingerprint density at radius 2 is 1.47 bits per heavy atom. The molecule has 0 saturated carbocycles. The van der Waals surface area contributed by atoms with E-state index in [1.54, 1.807) is 0 Å². The van der Waals surface area contributed by atoms with Crippen molar-refractivity contribution >= 4 is 17.1 Å². The van der Waals surface area contributed by atoms with Crippen LogP contribution in [0.3, 0.4) is 0 Å². The predicted molar refractivity (Wildman–Crippen MR) is 94.3 cm³/mol. The molecular formula is C16H38OSi2. The number of hydrogen-bond donors (Lipinski definition) is 0. The maximum Gasteiger partial charge on any atom is 0.177 e. The minimum Gasteiger partial charge on any atom is -0.417 e. The normalized spacial score (nSPS) is 19.9. The van der Waals surface area contributed by atoms with E-state index in [0.717, 1.165) is 6.42 Å². The molecule has 0 bridgehead atoms. The van der Waals surface area contributed by atoms with Crippen molar-refractivity contribution in [1.29, 1.82) is 0 Å². The summed E-state index contributed by atoms with van der Waals surface area (Å²) >= 11 is 0. The SMILES string of the molecule is CCC(O[SiH](C)[C@](C)(CC)[Si](C)(C)C)C(C)(C)CC. The molecule has 0 spiro atoms. The molecule has 0 radical (unpaired) electrons. The van der Waals surface area contributed by atoms with Gasteiger partial charge in [0.05, 0.1) is 0 Å². The Kier molecular flexibility index (Phi) is 7.05. The summed E-state index contributed by atoms with van der Waals surface area (Å²) in [6.45, 7) is 24.1. The summed E-state index contributed by atoms with van der Waals surface area (Å²) in [5.41, 5.74) is 0.310. The molecule has 116 valence electrons. The third kappa shape index (κ3) is 4.43. The van der Waals surface area contributed by atoms with Crippen LogP contribution in [-0.2, 0) is 4.43 Å². The fourth-order valence-corrected chi connectivity index (χ4v) is 11.0. The van der Waals surface area contributed by atoms with Crippen molar-refractivity contribution in [1.82, 2.24) is 0 Å². The Hall–Kier alpha value is 0.394. The topological polar surface area (TPSA) is 9.23 Å². The average Bonchev–Trinajstić information content (AvgIpc) is 2.32.